The highest BCUT2D eigenvalue weighted by atomic mass is 19.1. The SMILES string of the molecule is CN=C(NCc1ccc(NC(=O)NC(C)C)cc1)NCc1cccc(F)c1. The van der Waals surface area contributed by atoms with Gasteiger partial charge in [-0.2, -0.15) is 0 Å². The standard InChI is InChI=1S/C20H26FN5O/c1-14(2)25-20(27)26-18-9-7-15(8-10-18)12-23-19(22-3)24-13-16-5-4-6-17(21)11-16/h4-11,14H,12-13H2,1-3H3,(H2,22,23,24)(H2,25,26,27). The number of urea groups is 1. The summed E-state index contributed by atoms with van der Waals surface area (Å²) in [6.45, 7) is 4.86. The third kappa shape index (κ3) is 7.35. The summed E-state index contributed by atoms with van der Waals surface area (Å²) in [6.07, 6.45) is 0. The molecule has 0 aliphatic heterocycles. The van der Waals surface area contributed by atoms with Crippen molar-refractivity contribution >= 4 is 17.7 Å². The zero-order valence-electron chi connectivity index (χ0n) is 15.8. The molecule has 4 N–H and O–H groups in total. The Morgan fingerprint density at radius 3 is 2.30 bits per heavy atom. The summed E-state index contributed by atoms with van der Waals surface area (Å²) in [6, 6.07) is 13.8. The smallest absolute Gasteiger partial charge is 0.319 e. The first-order valence-corrected chi connectivity index (χ1v) is 8.81. The van der Waals surface area contributed by atoms with E-state index in [1.54, 1.807) is 13.1 Å². The van der Waals surface area contributed by atoms with Crippen molar-refractivity contribution in [3.8, 4) is 0 Å². The average Bonchev–Trinajstić information content (AvgIpc) is 2.62. The molecule has 0 spiro atoms. The maximum absolute atomic E-state index is 13.2. The van der Waals surface area contributed by atoms with Crippen LogP contribution in [0.2, 0.25) is 0 Å². The zero-order chi connectivity index (χ0) is 19.6. The number of carbonyl (C=O) groups is 1. The molecule has 0 fully saturated rings. The molecule has 0 atom stereocenters. The van der Waals surface area contributed by atoms with Crippen molar-refractivity contribution in [1.29, 1.82) is 0 Å². The van der Waals surface area contributed by atoms with Gasteiger partial charge in [-0.15, -0.1) is 0 Å². The molecule has 2 amide bonds. The fourth-order valence-corrected chi connectivity index (χ4v) is 2.37. The fraction of sp³-hybridized carbons (Fsp3) is 0.300. The largest absolute Gasteiger partial charge is 0.352 e. The molecule has 27 heavy (non-hydrogen) atoms. The molecule has 0 heterocycles. The van der Waals surface area contributed by atoms with Gasteiger partial charge in [-0.3, -0.25) is 4.99 Å². The first-order chi connectivity index (χ1) is 13.0. The molecule has 7 heteroatoms. The van der Waals surface area contributed by atoms with Crippen LogP contribution in [0.25, 0.3) is 0 Å². The topological polar surface area (TPSA) is 77.5 Å². The van der Waals surface area contributed by atoms with E-state index in [1.807, 2.05) is 44.2 Å². The number of halogens is 1. The lowest BCUT2D eigenvalue weighted by Gasteiger charge is -2.13. The lowest BCUT2D eigenvalue weighted by Crippen LogP contribution is -2.36. The quantitative estimate of drug-likeness (QED) is 0.465. The number of amides is 2. The molecule has 0 saturated heterocycles. The molecule has 0 aliphatic rings. The Labute approximate surface area is 159 Å². The summed E-state index contributed by atoms with van der Waals surface area (Å²) >= 11 is 0. The predicted octanol–water partition coefficient (Wildman–Crippen LogP) is 3.22. The highest BCUT2D eigenvalue weighted by Crippen LogP contribution is 2.09. The number of hydrogen-bond acceptors (Lipinski definition) is 2. The first-order valence-electron chi connectivity index (χ1n) is 8.81. The van der Waals surface area contributed by atoms with Crippen molar-refractivity contribution in [2.75, 3.05) is 12.4 Å². The van der Waals surface area contributed by atoms with E-state index in [0.29, 0.717) is 19.0 Å². The van der Waals surface area contributed by atoms with Crippen molar-refractivity contribution < 1.29 is 9.18 Å². The maximum Gasteiger partial charge on any atom is 0.319 e. The van der Waals surface area contributed by atoms with E-state index < -0.39 is 0 Å². The zero-order valence-corrected chi connectivity index (χ0v) is 15.8. The number of rotatable bonds is 6. The summed E-state index contributed by atoms with van der Waals surface area (Å²) in [7, 11) is 1.68. The molecule has 0 radical (unpaired) electrons. The summed E-state index contributed by atoms with van der Waals surface area (Å²) in [5, 5.41) is 11.9. The van der Waals surface area contributed by atoms with Gasteiger partial charge in [0.1, 0.15) is 5.82 Å². The molecule has 2 rings (SSSR count). The third-order valence-electron chi connectivity index (χ3n) is 3.66. The first kappa shape index (κ1) is 20.2. The van der Waals surface area contributed by atoms with Crippen LogP contribution in [0, 0.1) is 5.82 Å². The number of nitrogens with zero attached hydrogens (tertiary/aromatic N) is 1. The second-order valence-corrected chi connectivity index (χ2v) is 6.36. The number of guanidine groups is 1. The lowest BCUT2D eigenvalue weighted by molar-refractivity contribution is 0.250. The second-order valence-electron chi connectivity index (χ2n) is 6.36. The van der Waals surface area contributed by atoms with Crippen LogP contribution in [-0.2, 0) is 13.1 Å². The van der Waals surface area contributed by atoms with Crippen molar-refractivity contribution in [2.24, 2.45) is 4.99 Å². The highest BCUT2D eigenvalue weighted by molar-refractivity contribution is 5.89. The molecule has 2 aromatic carbocycles. The van der Waals surface area contributed by atoms with Crippen LogP contribution in [0.1, 0.15) is 25.0 Å². The highest BCUT2D eigenvalue weighted by Gasteiger charge is 2.04. The summed E-state index contributed by atoms with van der Waals surface area (Å²) in [5.74, 6) is 0.366. The van der Waals surface area contributed by atoms with E-state index in [1.165, 1.54) is 12.1 Å². The number of carbonyl (C=O) groups excluding carboxylic acids is 1. The Morgan fingerprint density at radius 2 is 1.70 bits per heavy atom. The minimum absolute atomic E-state index is 0.0834. The van der Waals surface area contributed by atoms with Gasteiger partial charge in [-0.05, 0) is 49.2 Å². The Morgan fingerprint density at radius 1 is 1.04 bits per heavy atom. The number of benzene rings is 2. The molecule has 0 aliphatic carbocycles. The fourth-order valence-electron chi connectivity index (χ4n) is 2.37. The average molecular weight is 371 g/mol. The molecule has 0 bridgehead atoms. The van der Waals surface area contributed by atoms with Crippen LogP contribution in [0.5, 0.6) is 0 Å². The molecule has 0 unspecified atom stereocenters. The number of anilines is 1. The Hall–Kier alpha value is -3.09. The monoisotopic (exact) mass is 371 g/mol. The van der Waals surface area contributed by atoms with Crippen LogP contribution in [0.15, 0.2) is 53.5 Å². The third-order valence-corrected chi connectivity index (χ3v) is 3.66. The number of nitrogens with one attached hydrogen (secondary N) is 4. The summed E-state index contributed by atoms with van der Waals surface area (Å²) < 4.78 is 13.2. The van der Waals surface area contributed by atoms with Gasteiger partial charge >= 0.3 is 6.03 Å². The van der Waals surface area contributed by atoms with Crippen LogP contribution in [0.4, 0.5) is 14.9 Å². The Balaban J connectivity index is 1.81. The van der Waals surface area contributed by atoms with Gasteiger partial charge in [0.15, 0.2) is 5.96 Å². The molecule has 0 saturated carbocycles. The van der Waals surface area contributed by atoms with Crippen molar-refractivity contribution in [1.82, 2.24) is 16.0 Å². The summed E-state index contributed by atoms with van der Waals surface area (Å²) in [5.41, 5.74) is 2.61. The van der Waals surface area contributed by atoms with E-state index >= 15 is 0 Å². The van der Waals surface area contributed by atoms with E-state index in [4.69, 9.17) is 0 Å². The van der Waals surface area contributed by atoms with Crippen LogP contribution >= 0.6 is 0 Å². The van der Waals surface area contributed by atoms with Crippen LogP contribution in [0.3, 0.4) is 0 Å². The van der Waals surface area contributed by atoms with Gasteiger partial charge in [0.25, 0.3) is 0 Å². The molecule has 2 aromatic rings. The van der Waals surface area contributed by atoms with E-state index in [9.17, 15) is 9.18 Å². The second kappa shape index (κ2) is 10.2. The van der Waals surface area contributed by atoms with E-state index in [2.05, 4.69) is 26.3 Å². The molecule has 6 nitrogen and oxygen atoms in total. The van der Waals surface area contributed by atoms with Crippen molar-refractivity contribution in [3.63, 3.8) is 0 Å². The van der Waals surface area contributed by atoms with Gasteiger partial charge in [0, 0.05) is 31.9 Å². The van der Waals surface area contributed by atoms with Gasteiger partial charge in [-0.25, -0.2) is 9.18 Å². The molecular weight excluding hydrogens is 345 g/mol. The van der Waals surface area contributed by atoms with Gasteiger partial charge in [-0.1, -0.05) is 24.3 Å². The van der Waals surface area contributed by atoms with Crippen LogP contribution < -0.4 is 21.3 Å². The lowest BCUT2D eigenvalue weighted by atomic mass is 10.2. The van der Waals surface area contributed by atoms with Crippen molar-refractivity contribution in [3.05, 3.63) is 65.5 Å². The Bertz CT molecular complexity index is 774. The minimum atomic E-state index is -0.256. The molecule has 0 aromatic heterocycles. The number of hydrogen-bond donors (Lipinski definition) is 4. The summed E-state index contributed by atoms with van der Waals surface area (Å²) in [4.78, 5) is 15.9. The Kier molecular flexibility index (Phi) is 7.61. The molecule has 144 valence electrons. The predicted molar refractivity (Wildman–Crippen MR) is 107 cm³/mol. The normalized spacial score (nSPS) is 11.2. The van der Waals surface area contributed by atoms with E-state index in [0.717, 1.165) is 16.8 Å². The minimum Gasteiger partial charge on any atom is -0.352 e. The maximum atomic E-state index is 13.2. The van der Waals surface area contributed by atoms with Gasteiger partial charge < -0.3 is 21.3 Å². The van der Waals surface area contributed by atoms with Gasteiger partial charge in [0.05, 0.1) is 0 Å². The van der Waals surface area contributed by atoms with Gasteiger partial charge in [0.2, 0.25) is 0 Å². The number of aliphatic imine (C=N–C) groups is 1. The van der Waals surface area contributed by atoms with Crippen LogP contribution in [-0.4, -0.2) is 25.1 Å². The van der Waals surface area contributed by atoms with Crippen molar-refractivity contribution in [2.45, 2.75) is 33.0 Å². The molecular formula is C20H26FN5O. The van der Waals surface area contributed by atoms with E-state index in [-0.39, 0.29) is 17.9 Å².